The number of Topliss-reactive ketones (excluding diaryl/α,β-unsaturated/α-hetero) is 1. The van der Waals surface area contributed by atoms with Crippen LogP contribution < -0.4 is 5.73 Å². The Morgan fingerprint density at radius 3 is 2.38 bits per heavy atom. The molecule has 2 unspecified atom stereocenters. The summed E-state index contributed by atoms with van der Waals surface area (Å²) in [6, 6.07) is 0. The molecular formula is C40H59NO11. The molecule has 10 aliphatic heterocycles. The Kier molecular flexibility index (Phi) is 10.0. The molecule has 1 spiro atoms. The van der Waals surface area contributed by atoms with E-state index in [1.807, 2.05) is 0 Å². The first-order valence-corrected chi connectivity index (χ1v) is 20.2. The van der Waals surface area contributed by atoms with Gasteiger partial charge in [0.25, 0.3) is 0 Å². The number of aliphatic hydroxyl groups excluding tert-OH is 1. The summed E-state index contributed by atoms with van der Waals surface area (Å²) in [5.74, 6) is -0.619. The van der Waals surface area contributed by atoms with Crippen LogP contribution in [0.3, 0.4) is 0 Å². The van der Waals surface area contributed by atoms with Gasteiger partial charge >= 0.3 is 0 Å². The molecule has 10 aliphatic rings. The lowest BCUT2D eigenvalue weighted by atomic mass is 9.81. The van der Waals surface area contributed by atoms with E-state index < -0.39 is 18.0 Å². The summed E-state index contributed by atoms with van der Waals surface area (Å²) in [6.45, 7) is 11.3. The first-order chi connectivity index (χ1) is 25.1. The summed E-state index contributed by atoms with van der Waals surface area (Å²) in [5, 5.41) is 10.5. The van der Waals surface area contributed by atoms with Crippen molar-refractivity contribution in [3.05, 3.63) is 24.3 Å². The molecule has 0 amide bonds. The number of rotatable bonds is 4. The van der Waals surface area contributed by atoms with E-state index in [1.54, 1.807) is 7.11 Å². The second kappa shape index (κ2) is 14.3. The van der Waals surface area contributed by atoms with Crippen LogP contribution in [0.4, 0.5) is 0 Å². The van der Waals surface area contributed by atoms with Crippen molar-refractivity contribution in [3.63, 3.8) is 0 Å². The van der Waals surface area contributed by atoms with Gasteiger partial charge in [-0.15, -0.1) is 0 Å². The van der Waals surface area contributed by atoms with Crippen molar-refractivity contribution in [2.45, 2.75) is 194 Å². The fraction of sp³-hybridized carbons (Fsp3) is 0.875. The second-order valence-corrected chi connectivity index (χ2v) is 17.4. The van der Waals surface area contributed by atoms with Crippen LogP contribution in [-0.4, -0.2) is 128 Å². The van der Waals surface area contributed by atoms with Gasteiger partial charge in [0.1, 0.15) is 36.3 Å². The number of methoxy groups -OCH3 is 1. The quantitative estimate of drug-likeness (QED) is 0.409. The fourth-order valence-corrected chi connectivity index (χ4v) is 11.3. The van der Waals surface area contributed by atoms with E-state index >= 15 is 0 Å². The zero-order valence-electron chi connectivity index (χ0n) is 30.8. The van der Waals surface area contributed by atoms with E-state index in [0.29, 0.717) is 25.7 Å². The molecule has 0 aromatic carbocycles. The van der Waals surface area contributed by atoms with Crippen LogP contribution in [0, 0.1) is 11.8 Å². The van der Waals surface area contributed by atoms with E-state index in [2.05, 4.69) is 20.1 Å². The van der Waals surface area contributed by atoms with Gasteiger partial charge < -0.3 is 53.5 Å². The Balaban J connectivity index is 0.994. The molecule has 12 nitrogen and oxygen atoms in total. The molecule has 12 bridgehead atoms. The topological polar surface area (TPSA) is 146 Å². The molecule has 0 radical (unpaired) electrons. The van der Waals surface area contributed by atoms with Crippen LogP contribution in [-0.2, 0) is 47.4 Å². The zero-order chi connectivity index (χ0) is 35.9. The molecule has 0 aliphatic carbocycles. The first-order valence-electron chi connectivity index (χ1n) is 20.2. The third-order valence-corrected chi connectivity index (χ3v) is 14.0. The molecule has 52 heavy (non-hydrogen) atoms. The highest BCUT2D eigenvalue weighted by Gasteiger charge is 2.68. The maximum atomic E-state index is 14.1. The largest absolute Gasteiger partial charge is 0.392 e. The van der Waals surface area contributed by atoms with E-state index in [0.717, 1.165) is 56.1 Å². The van der Waals surface area contributed by atoms with Crippen LogP contribution in [0.5, 0.6) is 0 Å². The normalized spacial score (nSPS) is 52.4. The second-order valence-electron chi connectivity index (χ2n) is 17.4. The molecular weight excluding hydrogens is 670 g/mol. The van der Waals surface area contributed by atoms with Crippen LogP contribution in [0.25, 0.3) is 0 Å². The number of aliphatic hydroxyl groups is 1. The van der Waals surface area contributed by atoms with Crippen molar-refractivity contribution < 1.29 is 52.5 Å². The molecule has 10 fully saturated rings. The van der Waals surface area contributed by atoms with Crippen molar-refractivity contribution in [1.29, 1.82) is 0 Å². The van der Waals surface area contributed by atoms with E-state index in [-0.39, 0.29) is 122 Å². The van der Waals surface area contributed by atoms with Crippen LogP contribution in [0.2, 0.25) is 0 Å². The number of hydrogen-bond donors (Lipinski definition) is 2. The van der Waals surface area contributed by atoms with Gasteiger partial charge in [-0.2, -0.15) is 0 Å². The van der Waals surface area contributed by atoms with E-state index in [9.17, 15) is 9.90 Å². The Hall–Kier alpha value is -1.29. The average molecular weight is 730 g/mol. The standard InChI is InChI=1S/C40H59NO11/c1-19-11-24-5-7-28-20(2)12-26(45-28)9-10-40-17-33-36(51-40)37-38(50-33)39(52-40)35-29(49-37)8-6-25(47-35)13-22(42)14-27-31(16-30(46-24)21(19)3)48-32(34(27)44-4)15-23(43)18-41/h19,23-39,43H,2-3,5-18,41H2,1,4H3/t19-,23+,24+,25?,26+,27+,28+,29+,30-,31+,32-,33+,34-,35+,36+,37?,38-,39+,40+/m1/s1. The van der Waals surface area contributed by atoms with Crippen LogP contribution in [0.15, 0.2) is 24.3 Å². The Labute approximate surface area is 307 Å². The predicted molar refractivity (Wildman–Crippen MR) is 186 cm³/mol. The Morgan fingerprint density at radius 2 is 1.56 bits per heavy atom. The number of carbonyl (C=O) groups is 1. The minimum absolute atomic E-state index is 0.0158. The molecule has 10 saturated heterocycles. The molecule has 10 heterocycles. The summed E-state index contributed by atoms with van der Waals surface area (Å²) in [4.78, 5) is 14.1. The fourth-order valence-electron chi connectivity index (χ4n) is 11.3. The Bertz CT molecular complexity index is 1380. The molecule has 0 aromatic heterocycles. The molecule has 290 valence electrons. The van der Waals surface area contributed by atoms with Crippen molar-refractivity contribution in [2.75, 3.05) is 13.7 Å². The molecule has 3 N–H and O–H groups in total. The number of ketones is 1. The van der Waals surface area contributed by atoms with Crippen LogP contribution in [0.1, 0.15) is 90.4 Å². The highest BCUT2D eigenvalue weighted by molar-refractivity contribution is 5.79. The van der Waals surface area contributed by atoms with Gasteiger partial charge in [0.15, 0.2) is 5.79 Å². The number of nitrogens with two attached hydrogens (primary N) is 1. The predicted octanol–water partition coefficient (Wildman–Crippen LogP) is 3.44. The van der Waals surface area contributed by atoms with Gasteiger partial charge in [-0.05, 0) is 62.0 Å². The van der Waals surface area contributed by atoms with Gasteiger partial charge in [-0.1, -0.05) is 20.1 Å². The lowest BCUT2D eigenvalue weighted by Gasteiger charge is -2.47. The van der Waals surface area contributed by atoms with Crippen LogP contribution >= 0.6 is 0 Å². The first kappa shape index (κ1) is 36.4. The van der Waals surface area contributed by atoms with Crippen molar-refractivity contribution in [2.24, 2.45) is 17.6 Å². The summed E-state index contributed by atoms with van der Waals surface area (Å²) >= 11 is 0. The summed E-state index contributed by atoms with van der Waals surface area (Å²) in [6.07, 6.45) is 4.85. The maximum Gasteiger partial charge on any atom is 0.172 e. The average Bonchev–Trinajstić information content (AvgIpc) is 3.79. The summed E-state index contributed by atoms with van der Waals surface area (Å²) in [7, 11) is 1.66. The van der Waals surface area contributed by atoms with E-state index in [4.69, 9.17) is 48.4 Å². The van der Waals surface area contributed by atoms with Gasteiger partial charge in [0.05, 0.1) is 67.1 Å². The SMILES string of the molecule is C=C1C[C@@H]2CC[C@@]34C[C@@H]5O[C@@H]6C(O[C@H]7CCC(CC(=O)C[C@@H]8[C@@H](OC)[C@@H](C[C@H](O)CN)O[C@H]8C[C@H]8O[C@@H](CC[C@@H]1O2)C[C@@H](C)C8=C)O[C@@H]7[C@@H]6O3)[C@H]5O4. The van der Waals surface area contributed by atoms with Crippen molar-refractivity contribution >= 4 is 5.78 Å². The highest BCUT2D eigenvalue weighted by Crippen LogP contribution is 2.54. The monoisotopic (exact) mass is 729 g/mol. The molecule has 12 heteroatoms. The number of ether oxygens (including phenoxy) is 9. The lowest BCUT2D eigenvalue weighted by Crippen LogP contribution is -2.61. The lowest BCUT2D eigenvalue weighted by molar-refractivity contribution is -0.292. The molecule has 0 saturated carbocycles. The van der Waals surface area contributed by atoms with Gasteiger partial charge in [0.2, 0.25) is 0 Å². The van der Waals surface area contributed by atoms with Crippen molar-refractivity contribution in [1.82, 2.24) is 0 Å². The van der Waals surface area contributed by atoms with Crippen molar-refractivity contribution in [3.8, 4) is 0 Å². The number of fused-ring (bicyclic) bond motifs is 6. The molecule has 19 atom stereocenters. The molecule has 10 rings (SSSR count). The third kappa shape index (κ3) is 6.59. The van der Waals surface area contributed by atoms with Gasteiger partial charge in [-0.25, -0.2) is 0 Å². The number of carbonyl (C=O) groups excluding carboxylic acids is 1. The maximum absolute atomic E-state index is 14.1. The zero-order valence-corrected chi connectivity index (χ0v) is 30.8. The third-order valence-electron chi connectivity index (χ3n) is 14.0. The molecule has 0 aromatic rings. The summed E-state index contributed by atoms with van der Waals surface area (Å²) in [5.41, 5.74) is 8.01. The minimum Gasteiger partial charge on any atom is -0.392 e. The highest BCUT2D eigenvalue weighted by atomic mass is 16.8. The Morgan fingerprint density at radius 1 is 0.808 bits per heavy atom. The van der Waals surface area contributed by atoms with Gasteiger partial charge in [-0.3, -0.25) is 4.79 Å². The summed E-state index contributed by atoms with van der Waals surface area (Å²) < 4.78 is 60.0. The van der Waals surface area contributed by atoms with E-state index in [1.165, 1.54) is 0 Å². The van der Waals surface area contributed by atoms with Gasteiger partial charge in [0, 0.05) is 58.1 Å². The smallest absolute Gasteiger partial charge is 0.172 e. The minimum atomic E-state index is -0.780. The number of hydrogen-bond acceptors (Lipinski definition) is 12.